The summed E-state index contributed by atoms with van der Waals surface area (Å²) in [7, 11) is -8.98. The summed E-state index contributed by atoms with van der Waals surface area (Å²) in [5.41, 5.74) is 5.47. The van der Waals surface area contributed by atoms with Crippen LogP contribution in [0.15, 0.2) is 17.0 Å². The van der Waals surface area contributed by atoms with E-state index in [1.807, 2.05) is 0 Å². The quantitative estimate of drug-likeness (QED) is 0.567. The largest absolute Gasteiger partial charge is 0.398 e. The molecule has 118 valence electrons. The summed E-state index contributed by atoms with van der Waals surface area (Å²) in [6.45, 7) is 2.48. The number of anilines is 1. The van der Waals surface area contributed by atoms with E-state index < -0.39 is 33.1 Å². The van der Waals surface area contributed by atoms with E-state index >= 15 is 0 Å². The Kier molecular flexibility index (Phi) is 3.35. The molecular weight excluding hydrogens is 311 g/mol. The Hall–Kier alpha value is -1.12. The van der Waals surface area contributed by atoms with Crippen LogP contribution in [0.2, 0.25) is 0 Å². The second kappa shape index (κ2) is 3.96. The third-order valence-corrected chi connectivity index (χ3v) is 5.19. The van der Waals surface area contributed by atoms with Crippen LogP contribution in [0.5, 0.6) is 0 Å². The molecule has 0 saturated carbocycles. The van der Waals surface area contributed by atoms with Crippen LogP contribution in [0, 0.1) is 13.8 Å². The minimum absolute atomic E-state index is 0.0254. The first kappa shape index (κ1) is 16.9. The van der Waals surface area contributed by atoms with Crippen molar-refractivity contribution in [2.24, 2.45) is 0 Å². The van der Waals surface area contributed by atoms with Gasteiger partial charge in [0.2, 0.25) is 0 Å². The van der Waals surface area contributed by atoms with Crippen LogP contribution in [0.1, 0.15) is 17.5 Å². The van der Waals surface area contributed by atoms with E-state index in [0.717, 1.165) is 0 Å². The van der Waals surface area contributed by atoms with Crippen molar-refractivity contribution in [1.82, 2.24) is 0 Å². The Morgan fingerprint density at radius 3 is 1.75 bits per heavy atom. The molecule has 0 aliphatic carbocycles. The average Bonchev–Trinajstić information content (AvgIpc) is 2.21. The maximum absolute atomic E-state index is 13.8. The van der Waals surface area contributed by atoms with Gasteiger partial charge in [-0.25, -0.2) is 0 Å². The first-order chi connectivity index (χ1) is 8.54. The highest BCUT2D eigenvalue weighted by Gasteiger charge is 2.65. The number of aryl methyl sites for hydroxylation is 2. The maximum Gasteiger partial charge on any atom is 0.390 e. The molecular formula is C11H14F7NS. The van der Waals surface area contributed by atoms with E-state index in [4.69, 9.17) is 5.73 Å². The fourth-order valence-electron chi connectivity index (χ4n) is 1.64. The predicted molar refractivity (Wildman–Crippen MR) is 66.2 cm³/mol. The lowest BCUT2D eigenvalue weighted by Crippen LogP contribution is -2.24. The number of halogens is 7. The lowest BCUT2D eigenvalue weighted by Gasteiger charge is -2.50. The van der Waals surface area contributed by atoms with Crippen molar-refractivity contribution in [3.63, 3.8) is 0 Å². The first-order valence-corrected chi connectivity index (χ1v) is 7.69. The Morgan fingerprint density at radius 1 is 1.00 bits per heavy atom. The van der Waals surface area contributed by atoms with Gasteiger partial charge < -0.3 is 5.73 Å². The van der Waals surface area contributed by atoms with Crippen LogP contribution in [0.3, 0.4) is 0 Å². The highest BCUT2D eigenvalue weighted by molar-refractivity contribution is 8.49. The molecule has 0 spiro atoms. The van der Waals surface area contributed by atoms with Gasteiger partial charge in [0, 0.05) is 5.69 Å². The van der Waals surface area contributed by atoms with E-state index in [0.29, 0.717) is 12.1 Å². The van der Waals surface area contributed by atoms with E-state index in [2.05, 4.69) is 0 Å². The summed E-state index contributed by atoms with van der Waals surface area (Å²) in [6, 6.07) is 0.917. The van der Waals surface area contributed by atoms with Crippen molar-refractivity contribution in [1.29, 1.82) is 0 Å². The zero-order chi connectivity index (χ0) is 16.0. The van der Waals surface area contributed by atoms with Crippen molar-refractivity contribution in [3.05, 3.63) is 23.3 Å². The molecule has 0 saturated heterocycles. The molecule has 0 aliphatic heterocycles. The van der Waals surface area contributed by atoms with E-state index in [9.17, 15) is 28.7 Å². The van der Waals surface area contributed by atoms with Crippen LogP contribution in [-0.4, -0.2) is 11.9 Å². The van der Waals surface area contributed by atoms with Crippen LogP contribution >= 0.6 is 9.84 Å². The monoisotopic (exact) mass is 325 g/mol. The molecule has 1 nitrogen and oxygen atoms in total. The van der Waals surface area contributed by atoms with Crippen molar-refractivity contribution in [2.45, 2.75) is 31.3 Å². The molecule has 1 aromatic rings. The van der Waals surface area contributed by atoms with Gasteiger partial charge in [-0.3, -0.25) is 0 Å². The average molecular weight is 325 g/mol. The molecule has 0 bridgehead atoms. The van der Waals surface area contributed by atoms with Crippen molar-refractivity contribution in [3.8, 4) is 0 Å². The summed E-state index contributed by atoms with van der Waals surface area (Å²) in [6.07, 6.45) is -7.34. The minimum Gasteiger partial charge on any atom is -0.398 e. The molecule has 2 N–H and O–H groups in total. The molecule has 0 amide bonds. The lowest BCUT2D eigenvalue weighted by molar-refractivity contribution is -0.130. The Morgan fingerprint density at radius 2 is 1.40 bits per heavy atom. The summed E-state index contributed by atoms with van der Waals surface area (Å²) in [5, 5.41) is 0. The van der Waals surface area contributed by atoms with Gasteiger partial charge in [0.05, 0.1) is 17.1 Å². The lowest BCUT2D eigenvalue weighted by atomic mass is 10.1. The molecule has 1 rings (SSSR count). The topological polar surface area (TPSA) is 26.0 Å². The molecule has 0 aliphatic rings. The number of benzene rings is 1. The number of nitrogens with two attached hydrogens (primary N) is 1. The van der Waals surface area contributed by atoms with Crippen LogP contribution in [0.4, 0.5) is 34.4 Å². The number of nitrogen functional groups attached to an aromatic ring is 1. The molecule has 0 heterocycles. The molecule has 0 aromatic heterocycles. The highest BCUT2D eigenvalue weighted by Crippen LogP contribution is 3.00. The highest BCUT2D eigenvalue weighted by atomic mass is 32.5. The van der Waals surface area contributed by atoms with Gasteiger partial charge in [-0.2, -0.15) is 13.2 Å². The number of rotatable bonds is 3. The molecule has 20 heavy (non-hydrogen) atoms. The maximum atomic E-state index is 13.8. The van der Waals surface area contributed by atoms with Gasteiger partial charge in [0.15, 0.2) is 9.84 Å². The first-order valence-electron chi connectivity index (χ1n) is 5.47. The fraction of sp³-hybridized carbons (Fsp3) is 0.455. The van der Waals surface area contributed by atoms with E-state index in [1.165, 1.54) is 13.8 Å². The Bertz CT molecular complexity index is 520. The van der Waals surface area contributed by atoms with Crippen molar-refractivity contribution < 1.29 is 28.7 Å². The number of hydrogen-bond donors (Lipinski definition) is 1. The van der Waals surface area contributed by atoms with Gasteiger partial charge in [0.25, 0.3) is 0 Å². The fourth-order valence-corrected chi connectivity index (χ4v) is 3.39. The van der Waals surface area contributed by atoms with E-state index in [1.54, 1.807) is 0 Å². The van der Waals surface area contributed by atoms with E-state index in [-0.39, 0.29) is 16.8 Å². The molecule has 1 aromatic carbocycles. The van der Waals surface area contributed by atoms with Gasteiger partial charge >= 0.3 is 6.18 Å². The normalized spacial score (nSPS) is 16.6. The summed E-state index contributed by atoms with van der Waals surface area (Å²) in [4.78, 5) is -1.67. The number of alkyl halides is 3. The van der Waals surface area contributed by atoms with Crippen molar-refractivity contribution in [2.75, 3.05) is 11.5 Å². The van der Waals surface area contributed by atoms with Gasteiger partial charge in [-0.15, -0.1) is 15.5 Å². The van der Waals surface area contributed by atoms with Gasteiger partial charge in [-0.05, 0) is 37.1 Å². The van der Waals surface area contributed by atoms with Crippen LogP contribution in [-0.2, 0) is 0 Å². The molecule has 0 atom stereocenters. The third-order valence-electron chi connectivity index (χ3n) is 2.89. The molecule has 9 heteroatoms. The van der Waals surface area contributed by atoms with Crippen molar-refractivity contribution >= 4 is 15.5 Å². The summed E-state index contributed by atoms with van der Waals surface area (Å²) >= 11 is 0. The Balaban J connectivity index is 3.38. The molecule has 0 radical (unpaired) electrons. The summed E-state index contributed by atoms with van der Waals surface area (Å²) < 4.78 is 91.2. The van der Waals surface area contributed by atoms with Crippen LogP contribution in [0.25, 0.3) is 0 Å². The zero-order valence-electron chi connectivity index (χ0n) is 10.7. The second-order valence-corrected chi connectivity index (χ2v) is 8.14. The molecule has 0 fully saturated rings. The minimum atomic E-state index is -8.98. The Labute approximate surface area is 111 Å². The summed E-state index contributed by atoms with van der Waals surface area (Å²) in [5.74, 6) is -2.54. The SMILES string of the molecule is Cc1cc(S(F)(F)(F)(F)CCC(F)(F)F)cc(C)c1N. The predicted octanol–water partition coefficient (Wildman–Crippen LogP) is 5.61. The second-order valence-electron chi connectivity index (χ2n) is 4.78. The standard InChI is InChI=1S/C11H14F7NS/c1-7-5-9(6-8(2)10(7)19)20(15,16,17,18)4-3-11(12,13)14/h5-6H,3-4,19H2,1-2H3. The smallest absolute Gasteiger partial charge is 0.390 e. The number of hydrogen-bond acceptors (Lipinski definition) is 1. The van der Waals surface area contributed by atoms with Gasteiger partial charge in [0.1, 0.15) is 0 Å². The zero-order valence-corrected chi connectivity index (χ0v) is 11.5. The molecule has 0 unspecified atom stereocenters. The van der Waals surface area contributed by atoms with Gasteiger partial charge in [-0.1, -0.05) is 0 Å². The van der Waals surface area contributed by atoms with Crippen LogP contribution < -0.4 is 5.73 Å². The third kappa shape index (κ3) is 3.71.